The lowest BCUT2D eigenvalue weighted by Crippen LogP contribution is -2.17. The number of ether oxygens (including phenoxy) is 1. The first-order valence-corrected chi connectivity index (χ1v) is 4.61. The Labute approximate surface area is 93.9 Å². The summed E-state index contributed by atoms with van der Waals surface area (Å²) >= 11 is 5.29. The Balaban J connectivity index is 2.96. The molecule has 0 saturated heterocycles. The van der Waals surface area contributed by atoms with Crippen molar-refractivity contribution in [1.82, 2.24) is 0 Å². The molecular formula is C9H7ClF3NO2. The molecule has 0 aliphatic rings. The van der Waals surface area contributed by atoms with Gasteiger partial charge in [-0.3, -0.25) is 4.79 Å². The van der Waals surface area contributed by atoms with E-state index < -0.39 is 17.9 Å². The van der Waals surface area contributed by atoms with Crippen LogP contribution in [-0.4, -0.2) is 18.0 Å². The van der Waals surface area contributed by atoms with Gasteiger partial charge in [-0.25, -0.2) is 0 Å². The number of alkyl halides is 4. The monoisotopic (exact) mass is 253 g/mol. The number of benzene rings is 1. The molecule has 88 valence electrons. The molecular weight excluding hydrogens is 247 g/mol. The Bertz CT molecular complexity index is 406. The van der Waals surface area contributed by atoms with Gasteiger partial charge in [-0.2, -0.15) is 0 Å². The van der Waals surface area contributed by atoms with Crippen LogP contribution in [0.5, 0.6) is 5.75 Å². The number of hydrogen-bond acceptors (Lipinski definition) is 3. The normalized spacial score (nSPS) is 11.2. The highest BCUT2D eigenvalue weighted by molar-refractivity contribution is 6.31. The minimum atomic E-state index is -4.79. The number of carbonyl (C=O) groups is 1. The van der Waals surface area contributed by atoms with Gasteiger partial charge in [0, 0.05) is 17.3 Å². The molecule has 7 heteroatoms. The summed E-state index contributed by atoms with van der Waals surface area (Å²) in [6, 6.07) is 3.07. The van der Waals surface area contributed by atoms with Crippen LogP contribution in [0.3, 0.4) is 0 Å². The highest BCUT2D eigenvalue weighted by Crippen LogP contribution is 2.26. The summed E-state index contributed by atoms with van der Waals surface area (Å²) < 4.78 is 39.2. The van der Waals surface area contributed by atoms with E-state index in [9.17, 15) is 18.0 Å². The van der Waals surface area contributed by atoms with Crippen molar-refractivity contribution in [2.45, 2.75) is 6.36 Å². The zero-order valence-electron chi connectivity index (χ0n) is 7.84. The molecule has 0 amide bonds. The van der Waals surface area contributed by atoms with E-state index in [-0.39, 0.29) is 17.1 Å². The number of halogens is 4. The molecule has 16 heavy (non-hydrogen) atoms. The van der Waals surface area contributed by atoms with E-state index in [0.717, 1.165) is 18.2 Å². The van der Waals surface area contributed by atoms with E-state index in [1.54, 1.807) is 0 Å². The lowest BCUT2D eigenvalue weighted by molar-refractivity contribution is -0.274. The molecule has 0 saturated carbocycles. The quantitative estimate of drug-likeness (QED) is 0.512. The van der Waals surface area contributed by atoms with E-state index in [2.05, 4.69) is 4.74 Å². The van der Waals surface area contributed by atoms with Gasteiger partial charge in [-0.15, -0.1) is 24.8 Å². The first-order chi connectivity index (χ1) is 7.33. The summed E-state index contributed by atoms with van der Waals surface area (Å²) in [4.78, 5) is 11.2. The second-order valence-corrected chi connectivity index (χ2v) is 3.12. The van der Waals surface area contributed by atoms with Crippen LogP contribution >= 0.6 is 11.6 Å². The van der Waals surface area contributed by atoms with Gasteiger partial charge in [0.2, 0.25) is 0 Å². The summed E-state index contributed by atoms with van der Waals surface area (Å²) in [6.45, 7) is 0. The zero-order valence-corrected chi connectivity index (χ0v) is 8.60. The summed E-state index contributed by atoms with van der Waals surface area (Å²) in [6.07, 6.45) is -4.79. The molecule has 1 rings (SSSR count). The predicted octanol–water partition coefficient (Wildman–Crippen LogP) is 2.59. The first-order valence-electron chi connectivity index (χ1n) is 4.08. The number of anilines is 1. The van der Waals surface area contributed by atoms with Crippen molar-refractivity contribution in [3.8, 4) is 5.75 Å². The Morgan fingerprint density at radius 2 is 2.06 bits per heavy atom. The topological polar surface area (TPSA) is 52.3 Å². The maximum Gasteiger partial charge on any atom is 0.573 e. The Kier molecular flexibility index (Phi) is 3.64. The van der Waals surface area contributed by atoms with Gasteiger partial charge >= 0.3 is 6.36 Å². The van der Waals surface area contributed by atoms with E-state index in [1.807, 2.05) is 0 Å². The van der Waals surface area contributed by atoms with Crippen molar-refractivity contribution >= 4 is 23.1 Å². The van der Waals surface area contributed by atoms with Crippen molar-refractivity contribution in [1.29, 1.82) is 0 Å². The zero-order chi connectivity index (χ0) is 12.3. The third-order valence-corrected chi connectivity index (χ3v) is 1.92. The molecule has 0 bridgehead atoms. The fraction of sp³-hybridized carbons (Fsp3) is 0.222. The number of rotatable bonds is 3. The number of nitrogen functional groups attached to an aromatic ring is 1. The van der Waals surface area contributed by atoms with Crippen LogP contribution in [0, 0.1) is 0 Å². The number of carbonyl (C=O) groups excluding carboxylic acids is 1. The summed E-state index contributed by atoms with van der Waals surface area (Å²) in [5, 5.41) is 0. The maximum absolute atomic E-state index is 11.8. The number of nitrogens with two attached hydrogens (primary N) is 1. The lowest BCUT2D eigenvalue weighted by atomic mass is 10.1. The third kappa shape index (κ3) is 3.30. The van der Waals surface area contributed by atoms with Crippen LogP contribution in [0.4, 0.5) is 18.9 Å². The molecule has 0 aliphatic carbocycles. The molecule has 0 radical (unpaired) electrons. The van der Waals surface area contributed by atoms with Crippen LogP contribution in [0.25, 0.3) is 0 Å². The van der Waals surface area contributed by atoms with Crippen LogP contribution in [0.2, 0.25) is 0 Å². The number of hydrogen-bond donors (Lipinski definition) is 1. The molecule has 0 aromatic heterocycles. The summed E-state index contributed by atoms with van der Waals surface area (Å²) in [5.41, 5.74) is 5.36. The lowest BCUT2D eigenvalue weighted by Gasteiger charge is -2.10. The molecule has 0 unspecified atom stereocenters. The summed E-state index contributed by atoms with van der Waals surface area (Å²) in [5.74, 6) is -1.22. The van der Waals surface area contributed by atoms with Crippen molar-refractivity contribution in [2.24, 2.45) is 0 Å². The fourth-order valence-corrected chi connectivity index (χ4v) is 1.21. The number of Topliss-reactive ketones (excluding diaryl/α,β-unsaturated/α-hetero) is 1. The average Bonchev–Trinajstić information content (AvgIpc) is 2.14. The molecule has 0 atom stereocenters. The largest absolute Gasteiger partial charge is 0.573 e. The highest BCUT2D eigenvalue weighted by atomic mass is 35.5. The van der Waals surface area contributed by atoms with Gasteiger partial charge in [0.05, 0.1) is 5.88 Å². The predicted molar refractivity (Wildman–Crippen MR) is 52.6 cm³/mol. The van der Waals surface area contributed by atoms with Gasteiger partial charge in [-0.05, 0) is 12.1 Å². The van der Waals surface area contributed by atoms with Crippen LogP contribution < -0.4 is 10.5 Å². The van der Waals surface area contributed by atoms with E-state index in [0.29, 0.717) is 0 Å². The molecule has 0 aliphatic heterocycles. The fourth-order valence-electron chi connectivity index (χ4n) is 1.06. The van der Waals surface area contributed by atoms with E-state index >= 15 is 0 Å². The van der Waals surface area contributed by atoms with Crippen molar-refractivity contribution < 1.29 is 22.7 Å². The summed E-state index contributed by atoms with van der Waals surface area (Å²) in [7, 11) is 0. The molecule has 0 spiro atoms. The average molecular weight is 254 g/mol. The van der Waals surface area contributed by atoms with Crippen LogP contribution in [0.15, 0.2) is 18.2 Å². The van der Waals surface area contributed by atoms with Crippen molar-refractivity contribution in [2.75, 3.05) is 11.6 Å². The molecule has 2 N–H and O–H groups in total. The van der Waals surface area contributed by atoms with Crippen LogP contribution in [-0.2, 0) is 0 Å². The molecule has 1 aromatic rings. The van der Waals surface area contributed by atoms with E-state index in [4.69, 9.17) is 17.3 Å². The Hall–Kier alpha value is -1.43. The third-order valence-electron chi connectivity index (χ3n) is 1.68. The molecule has 3 nitrogen and oxygen atoms in total. The molecule has 1 aromatic carbocycles. The Morgan fingerprint density at radius 3 is 2.50 bits per heavy atom. The second kappa shape index (κ2) is 4.61. The SMILES string of the molecule is Nc1cc(OC(F)(F)F)ccc1C(=O)CCl. The van der Waals surface area contributed by atoms with Gasteiger partial charge in [0.25, 0.3) is 0 Å². The van der Waals surface area contributed by atoms with Gasteiger partial charge in [-0.1, -0.05) is 0 Å². The van der Waals surface area contributed by atoms with Gasteiger partial charge in [0.15, 0.2) is 5.78 Å². The van der Waals surface area contributed by atoms with Crippen molar-refractivity contribution in [3.05, 3.63) is 23.8 Å². The van der Waals surface area contributed by atoms with Gasteiger partial charge in [0.1, 0.15) is 5.75 Å². The van der Waals surface area contributed by atoms with E-state index in [1.165, 1.54) is 0 Å². The minimum Gasteiger partial charge on any atom is -0.406 e. The second-order valence-electron chi connectivity index (χ2n) is 2.85. The maximum atomic E-state index is 11.8. The standard InChI is InChI=1S/C9H7ClF3NO2/c10-4-8(15)6-2-1-5(3-7(6)14)16-9(11,12)13/h1-3H,4,14H2. The minimum absolute atomic E-state index is 0.0736. The smallest absolute Gasteiger partial charge is 0.406 e. The van der Waals surface area contributed by atoms with Crippen molar-refractivity contribution in [3.63, 3.8) is 0 Å². The number of ketones is 1. The highest BCUT2D eigenvalue weighted by Gasteiger charge is 2.31. The van der Waals surface area contributed by atoms with Crippen LogP contribution in [0.1, 0.15) is 10.4 Å². The molecule has 0 fully saturated rings. The Morgan fingerprint density at radius 1 is 1.44 bits per heavy atom. The molecule has 0 heterocycles. The van der Waals surface area contributed by atoms with Gasteiger partial charge < -0.3 is 10.5 Å². The first kappa shape index (κ1) is 12.6.